The first-order valence-electron chi connectivity index (χ1n) is 7.67. The quantitative estimate of drug-likeness (QED) is 0.683. The minimum Gasteiger partial charge on any atom is -0.468 e. The van der Waals surface area contributed by atoms with Gasteiger partial charge in [-0.2, -0.15) is 0 Å². The standard InChI is InChI=1S/C18H20ClN3O3/c1-25-18(24)15(21)9-11-5-7-13(8-6-11)22-17(23)16-12(10-20)3-2-4-14(16)19/h2-8,15H,9-10,20-21H2,1H3,(H,22,23). The molecule has 1 amide bonds. The third-order valence-corrected chi connectivity index (χ3v) is 4.03. The van der Waals surface area contributed by atoms with E-state index >= 15 is 0 Å². The minimum atomic E-state index is -0.722. The topological polar surface area (TPSA) is 107 Å². The Kier molecular flexibility index (Phi) is 6.52. The van der Waals surface area contributed by atoms with Crippen LogP contribution in [0.2, 0.25) is 5.02 Å². The van der Waals surface area contributed by atoms with E-state index in [1.807, 2.05) is 0 Å². The van der Waals surface area contributed by atoms with Crippen LogP contribution in [-0.4, -0.2) is 25.0 Å². The molecule has 6 nitrogen and oxygen atoms in total. The minimum absolute atomic E-state index is 0.216. The largest absolute Gasteiger partial charge is 0.468 e. The Morgan fingerprint density at radius 2 is 1.88 bits per heavy atom. The third-order valence-electron chi connectivity index (χ3n) is 3.72. The maximum atomic E-state index is 12.5. The van der Waals surface area contributed by atoms with Crippen molar-refractivity contribution in [1.82, 2.24) is 0 Å². The van der Waals surface area contributed by atoms with Gasteiger partial charge in [0.1, 0.15) is 6.04 Å². The van der Waals surface area contributed by atoms with Gasteiger partial charge in [0.15, 0.2) is 0 Å². The van der Waals surface area contributed by atoms with Crippen LogP contribution >= 0.6 is 11.6 Å². The number of hydrogen-bond acceptors (Lipinski definition) is 5. The smallest absolute Gasteiger partial charge is 0.322 e. The molecule has 0 saturated heterocycles. The number of benzene rings is 2. The van der Waals surface area contributed by atoms with Gasteiger partial charge < -0.3 is 21.5 Å². The van der Waals surface area contributed by atoms with E-state index in [-0.39, 0.29) is 12.5 Å². The van der Waals surface area contributed by atoms with E-state index in [1.54, 1.807) is 42.5 Å². The number of esters is 1. The summed E-state index contributed by atoms with van der Waals surface area (Å²) in [6.07, 6.45) is 0.350. The fraction of sp³-hybridized carbons (Fsp3) is 0.222. The van der Waals surface area contributed by atoms with Crippen LogP contribution in [0, 0.1) is 0 Å². The summed E-state index contributed by atoms with van der Waals surface area (Å²) in [5.41, 5.74) is 13.9. The van der Waals surface area contributed by atoms with Crippen LogP contribution in [-0.2, 0) is 22.5 Å². The molecule has 5 N–H and O–H groups in total. The molecule has 132 valence electrons. The summed E-state index contributed by atoms with van der Waals surface area (Å²) in [6.45, 7) is 0.216. The Morgan fingerprint density at radius 3 is 2.48 bits per heavy atom. The molecule has 0 aromatic heterocycles. The summed E-state index contributed by atoms with van der Waals surface area (Å²) in [5.74, 6) is -0.796. The molecule has 0 aliphatic heterocycles. The van der Waals surface area contributed by atoms with Gasteiger partial charge in [-0.25, -0.2) is 0 Å². The predicted octanol–water partition coefficient (Wildman–Crippen LogP) is 2.09. The van der Waals surface area contributed by atoms with Gasteiger partial charge in [-0.3, -0.25) is 9.59 Å². The van der Waals surface area contributed by atoms with Crippen molar-refractivity contribution in [3.05, 3.63) is 64.2 Å². The van der Waals surface area contributed by atoms with E-state index in [2.05, 4.69) is 10.1 Å². The van der Waals surface area contributed by atoms with Crippen LogP contribution in [0.4, 0.5) is 5.69 Å². The lowest BCUT2D eigenvalue weighted by molar-refractivity contribution is -0.142. The fourth-order valence-electron chi connectivity index (χ4n) is 2.40. The molecule has 2 rings (SSSR count). The zero-order chi connectivity index (χ0) is 18.4. The number of hydrogen-bond donors (Lipinski definition) is 3. The highest BCUT2D eigenvalue weighted by Gasteiger charge is 2.16. The SMILES string of the molecule is COC(=O)C(N)Cc1ccc(NC(=O)c2c(Cl)cccc2CN)cc1. The van der Waals surface area contributed by atoms with Gasteiger partial charge >= 0.3 is 5.97 Å². The number of anilines is 1. The Labute approximate surface area is 151 Å². The lowest BCUT2D eigenvalue weighted by Crippen LogP contribution is -2.33. The summed E-state index contributed by atoms with van der Waals surface area (Å²) in [4.78, 5) is 23.8. The van der Waals surface area contributed by atoms with Crippen LogP contribution in [0.25, 0.3) is 0 Å². The van der Waals surface area contributed by atoms with Crippen molar-refractivity contribution in [2.24, 2.45) is 11.5 Å². The van der Waals surface area contributed by atoms with Gasteiger partial charge in [-0.05, 0) is 35.7 Å². The van der Waals surface area contributed by atoms with E-state index in [0.717, 1.165) is 5.56 Å². The predicted molar refractivity (Wildman–Crippen MR) is 97.4 cm³/mol. The second-order valence-corrected chi connectivity index (χ2v) is 5.87. The molecule has 1 atom stereocenters. The van der Waals surface area contributed by atoms with Gasteiger partial charge in [-0.1, -0.05) is 35.9 Å². The van der Waals surface area contributed by atoms with E-state index in [1.165, 1.54) is 7.11 Å². The van der Waals surface area contributed by atoms with Crippen LogP contribution < -0.4 is 16.8 Å². The Bertz CT molecular complexity index is 763. The molecule has 0 fully saturated rings. The Balaban J connectivity index is 2.09. The molecular formula is C18H20ClN3O3. The number of methoxy groups -OCH3 is 1. The number of halogens is 1. The highest BCUT2D eigenvalue weighted by molar-refractivity contribution is 6.34. The molecule has 0 heterocycles. The average Bonchev–Trinajstić information content (AvgIpc) is 2.62. The average molecular weight is 362 g/mol. The van der Waals surface area contributed by atoms with Crippen molar-refractivity contribution in [2.45, 2.75) is 19.0 Å². The van der Waals surface area contributed by atoms with Gasteiger partial charge in [0.25, 0.3) is 5.91 Å². The first kappa shape index (κ1) is 18.9. The van der Waals surface area contributed by atoms with Crippen LogP contribution in [0.1, 0.15) is 21.5 Å². The normalized spacial score (nSPS) is 11.7. The van der Waals surface area contributed by atoms with E-state index in [4.69, 9.17) is 23.1 Å². The van der Waals surface area contributed by atoms with E-state index in [9.17, 15) is 9.59 Å². The monoisotopic (exact) mass is 361 g/mol. The van der Waals surface area contributed by atoms with Crippen LogP contribution in [0.15, 0.2) is 42.5 Å². The highest BCUT2D eigenvalue weighted by Crippen LogP contribution is 2.22. The number of nitrogens with two attached hydrogens (primary N) is 2. The molecule has 0 radical (unpaired) electrons. The second-order valence-electron chi connectivity index (χ2n) is 5.46. The maximum Gasteiger partial charge on any atom is 0.322 e. The first-order chi connectivity index (χ1) is 12.0. The number of carbonyl (C=O) groups is 2. The van der Waals surface area contributed by atoms with Gasteiger partial charge in [0.05, 0.1) is 17.7 Å². The van der Waals surface area contributed by atoms with Gasteiger partial charge in [-0.15, -0.1) is 0 Å². The van der Waals surface area contributed by atoms with Gasteiger partial charge in [0.2, 0.25) is 0 Å². The fourth-order valence-corrected chi connectivity index (χ4v) is 2.68. The molecule has 0 spiro atoms. The summed E-state index contributed by atoms with van der Waals surface area (Å²) in [6, 6.07) is 11.5. The molecule has 25 heavy (non-hydrogen) atoms. The molecule has 0 saturated carbocycles. The molecule has 0 aliphatic rings. The number of rotatable bonds is 6. The van der Waals surface area contributed by atoms with Crippen molar-refractivity contribution < 1.29 is 14.3 Å². The number of ether oxygens (including phenoxy) is 1. The molecular weight excluding hydrogens is 342 g/mol. The zero-order valence-corrected chi connectivity index (χ0v) is 14.5. The van der Waals surface area contributed by atoms with Crippen molar-refractivity contribution in [3.63, 3.8) is 0 Å². The number of carbonyl (C=O) groups excluding carboxylic acids is 2. The third kappa shape index (κ3) is 4.79. The van der Waals surface area contributed by atoms with E-state index in [0.29, 0.717) is 28.3 Å². The molecule has 2 aromatic carbocycles. The Hall–Kier alpha value is -2.41. The molecule has 0 bridgehead atoms. The van der Waals surface area contributed by atoms with Gasteiger partial charge in [0, 0.05) is 12.2 Å². The highest BCUT2D eigenvalue weighted by atomic mass is 35.5. The van der Waals surface area contributed by atoms with Crippen molar-refractivity contribution in [3.8, 4) is 0 Å². The van der Waals surface area contributed by atoms with Crippen LogP contribution in [0.5, 0.6) is 0 Å². The van der Waals surface area contributed by atoms with E-state index < -0.39 is 12.0 Å². The summed E-state index contributed by atoms with van der Waals surface area (Å²) < 4.78 is 4.60. The Morgan fingerprint density at radius 1 is 1.20 bits per heavy atom. The summed E-state index contributed by atoms with van der Waals surface area (Å²) >= 11 is 6.12. The number of nitrogens with one attached hydrogen (secondary N) is 1. The molecule has 7 heteroatoms. The van der Waals surface area contributed by atoms with Crippen LogP contribution in [0.3, 0.4) is 0 Å². The van der Waals surface area contributed by atoms with Crippen molar-refractivity contribution >= 4 is 29.2 Å². The molecule has 0 aliphatic carbocycles. The van der Waals surface area contributed by atoms with Crippen molar-refractivity contribution in [1.29, 1.82) is 0 Å². The van der Waals surface area contributed by atoms with Crippen molar-refractivity contribution in [2.75, 3.05) is 12.4 Å². The lowest BCUT2D eigenvalue weighted by Gasteiger charge is -2.12. The molecule has 1 unspecified atom stereocenters. The first-order valence-corrected chi connectivity index (χ1v) is 8.05. The summed E-state index contributed by atoms with van der Waals surface area (Å²) in [7, 11) is 1.30. The summed E-state index contributed by atoms with van der Waals surface area (Å²) in [5, 5.41) is 3.13. The zero-order valence-electron chi connectivity index (χ0n) is 13.8. The molecule has 2 aromatic rings. The number of amides is 1. The second kappa shape index (κ2) is 8.62. The maximum absolute atomic E-state index is 12.5. The lowest BCUT2D eigenvalue weighted by atomic mass is 10.1.